The number of hydrogen-bond acceptors (Lipinski definition) is 5. The van der Waals surface area contributed by atoms with Crippen LogP contribution in [0.15, 0.2) is 12.1 Å². The molecule has 17 heavy (non-hydrogen) atoms. The molecule has 1 rings (SSSR count). The molecular weight excluding hydrogens is 226 g/mol. The molecule has 0 saturated carbocycles. The molecule has 0 heterocycles. The van der Waals surface area contributed by atoms with Crippen molar-refractivity contribution in [2.75, 3.05) is 13.7 Å². The Bertz CT molecular complexity index is 455. The number of methoxy groups -OCH3 is 1. The van der Waals surface area contributed by atoms with E-state index in [1.165, 1.54) is 7.11 Å². The van der Waals surface area contributed by atoms with E-state index in [1.807, 2.05) is 0 Å². The van der Waals surface area contributed by atoms with Crippen LogP contribution in [0.5, 0.6) is 11.5 Å². The number of rotatable bonds is 5. The minimum Gasteiger partial charge on any atom is -0.507 e. The van der Waals surface area contributed by atoms with Gasteiger partial charge < -0.3 is 20.7 Å². The molecule has 0 aliphatic heterocycles. The highest BCUT2D eigenvalue weighted by molar-refractivity contribution is 6.02. The van der Waals surface area contributed by atoms with Crippen LogP contribution in [0.25, 0.3) is 0 Å². The monoisotopic (exact) mass is 239 g/mol. The molecule has 0 aliphatic rings. The Morgan fingerprint density at radius 1 is 1.35 bits per heavy atom. The van der Waals surface area contributed by atoms with Gasteiger partial charge in [-0.2, -0.15) is 0 Å². The highest BCUT2D eigenvalue weighted by Gasteiger charge is 2.18. The zero-order valence-corrected chi connectivity index (χ0v) is 9.27. The summed E-state index contributed by atoms with van der Waals surface area (Å²) in [6.07, 6.45) is 0.0835. The van der Waals surface area contributed by atoms with Crippen LogP contribution in [0.2, 0.25) is 0 Å². The van der Waals surface area contributed by atoms with E-state index in [0.29, 0.717) is 0 Å². The lowest BCUT2D eigenvalue weighted by molar-refractivity contribution is 0.0693. The summed E-state index contributed by atoms with van der Waals surface area (Å²) in [5.74, 6) is -1.96. The van der Waals surface area contributed by atoms with Crippen molar-refractivity contribution in [2.45, 2.75) is 6.42 Å². The van der Waals surface area contributed by atoms with Crippen LogP contribution in [0, 0.1) is 0 Å². The second-order valence-corrected chi connectivity index (χ2v) is 3.34. The molecule has 92 valence electrons. The summed E-state index contributed by atoms with van der Waals surface area (Å²) in [6.45, 7) is 0.158. The Morgan fingerprint density at radius 2 is 2.00 bits per heavy atom. The van der Waals surface area contributed by atoms with Crippen molar-refractivity contribution in [2.24, 2.45) is 5.73 Å². The summed E-state index contributed by atoms with van der Waals surface area (Å²) in [5.41, 5.74) is 5.02. The van der Waals surface area contributed by atoms with Crippen LogP contribution in [0.3, 0.4) is 0 Å². The molecule has 4 N–H and O–H groups in total. The van der Waals surface area contributed by atoms with Crippen LogP contribution in [-0.4, -0.2) is 35.6 Å². The standard InChI is InChI=1S/C11H13NO5/c1-17-10-5-9(14)7(11(15)16)4-6(10)8(13)2-3-12/h4-5,14H,2-3,12H2,1H3,(H,15,16). The highest BCUT2D eigenvalue weighted by atomic mass is 16.5. The number of carbonyl (C=O) groups excluding carboxylic acids is 1. The van der Waals surface area contributed by atoms with Crippen LogP contribution < -0.4 is 10.5 Å². The first-order chi connectivity index (χ1) is 8.01. The van der Waals surface area contributed by atoms with E-state index in [0.717, 1.165) is 12.1 Å². The molecule has 0 radical (unpaired) electrons. The number of carbonyl (C=O) groups is 2. The number of ketones is 1. The van der Waals surface area contributed by atoms with Gasteiger partial charge in [-0.05, 0) is 12.6 Å². The van der Waals surface area contributed by atoms with E-state index in [-0.39, 0.29) is 35.6 Å². The summed E-state index contributed by atoms with van der Waals surface area (Å²) in [6, 6.07) is 2.20. The van der Waals surface area contributed by atoms with Crippen molar-refractivity contribution in [3.63, 3.8) is 0 Å². The summed E-state index contributed by atoms with van der Waals surface area (Å²) >= 11 is 0. The molecule has 6 heteroatoms. The van der Waals surface area contributed by atoms with Crippen LogP contribution in [0.4, 0.5) is 0 Å². The quantitative estimate of drug-likeness (QED) is 0.650. The number of hydrogen-bond donors (Lipinski definition) is 3. The van der Waals surface area contributed by atoms with Crippen molar-refractivity contribution in [1.29, 1.82) is 0 Å². The van der Waals surface area contributed by atoms with Crippen LogP contribution in [-0.2, 0) is 0 Å². The summed E-state index contributed by atoms with van der Waals surface area (Å²) < 4.78 is 4.91. The van der Waals surface area contributed by atoms with E-state index in [2.05, 4.69) is 0 Å². The van der Waals surface area contributed by atoms with Gasteiger partial charge in [-0.25, -0.2) is 4.79 Å². The molecule has 0 aromatic heterocycles. The van der Waals surface area contributed by atoms with E-state index >= 15 is 0 Å². The lowest BCUT2D eigenvalue weighted by atomic mass is 10.0. The van der Waals surface area contributed by atoms with E-state index in [9.17, 15) is 14.7 Å². The van der Waals surface area contributed by atoms with Crippen molar-refractivity contribution < 1.29 is 24.5 Å². The number of nitrogens with two attached hydrogens (primary N) is 1. The van der Waals surface area contributed by atoms with E-state index in [1.54, 1.807) is 0 Å². The molecule has 0 spiro atoms. The van der Waals surface area contributed by atoms with Gasteiger partial charge in [0.25, 0.3) is 0 Å². The molecule has 0 atom stereocenters. The Labute approximate surface area is 97.6 Å². The molecular formula is C11H13NO5. The third-order valence-electron chi connectivity index (χ3n) is 2.22. The number of Topliss-reactive ketones (excluding diaryl/α,β-unsaturated/α-hetero) is 1. The summed E-state index contributed by atoms with van der Waals surface area (Å²) in [5, 5.41) is 18.3. The van der Waals surface area contributed by atoms with Gasteiger partial charge in [0.2, 0.25) is 0 Å². The first-order valence-electron chi connectivity index (χ1n) is 4.88. The van der Waals surface area contributed by atoms with Crippen LogP contribution in [0.1, 0.15) is 27.1 Å². The van der Waals surface area contributed by atoms with Crippen molar-refractivity contribution in [3.8, 4) is 11.5 Å². The summed E-state index contributed by atoms with van der Waals surface area (Å²) in [4.78, 5) is 22.5. The minimum atomic E-state index is -1.31. The number of ether oxygens (including phenoxy) is 1. The highest BCUT2D eigenvalue weighted by Crippen LogP contribution is 2.29. The zero-order chi connectivity index (χ0) is 13.0. The Balaban J connectivity index is 3.31. The van der Waals surface area contributed by atoms with Crippen molar-refractivity contribution >= 4 is 11.8 Å². The number of carboxylic acid groups (broad SMARTS) is 1. The molecule has 1 aromatic rings. The van der Waals surface area contributed by atoms with Crippen molar-refractivity contribution in [1.82, 2.24) is 0 Å². The average molecular weight is 239 g/mol. The number of phenols is 1. The first kappa shape index (κ1) is 13.0. The molecule has 0 unspecified atom stereocenters. The average Bonchev–Trinajstić information content (AvgIpc) is 2.28. The molecule has 0 saturated heterocycles. The van der Waals surface area contributed by atoms with Gasteiger partial charge in [0.1, 0.15) is 17.1 Å². The van der Waals surface area contributed by atoms with Gasteiger partial charge in [-0.3, -0.25) is 4.79 Å². The summed E-state index contributed by atoms with van der Waals surface area (Å²) in [7, 11) is 1.33. The third-order valence-corrected chi connectivity index (χ3v) is 2.22. The van der Waals surface area contributed by atoms with Gasteiger partial charge in [0.15, 0.2) is 5.78 Å². The maximum Gasteiger partial charge on any atom is 0.339 e. The molecule has 0 amide bonds. The number of benzene rings is 1. The van der Waals surface area contributed by atoms with Gasteiger partial charge >= 0.3 is 5.97 Å². The third kappa shape index (κ3) is 2.73. The van der Waals surface area contributed by atoms with Gasteiger partial charge in [-0.15, -0.1) is 0 Å². The molecule has 0 fully saturated rings. The SMILES string of the molecule is COc1cc(O)c(C(=O)O)cc1C(=O)CCN. The predicted octanol–water partition coefficient (Wildman–Crippen LogP) is 0.631. The topological polar surface area (TPSA) is 110 Å². The molecule has 0 bridgehead atoms. The number of aromatic carboxylic acids is 1. The Hall–Kier alpha value is -2.08. The number of aromatic hydroxyl groups is 1. The second-order valence-electron chi connectivity index (χ2n) is 3.34. The van der Waals surface area contributed by atoms with E-state index < -0.39 is 11.7 Å². The van der Waals surface area contributed by atoms with Crippen molar-refractivity contribution in [3.05, 3.63) is 23.3 Å². The Morgan fingerprint density at radius 3 is 2.47 bits per heavy atom. The molecule has 1 aromatic carbocycles. The largest absolute Gasteiger partial charge is 0.507 e. The second kappa shape index (κ2) is 5.31. The maximum absolute atomic E-state index is 11.7. The fraction of sp³-hybridized carbons (Fsp3) is 0.273. The van der Waals surface area contributed by atoms with Gasteiger partial charge in [0, 0.05) is 12.5 Å². The van der Waals surface area contributed by atoms with Gasteiger partial charge in [0.05, 0.1) is 12.7 Å². The van der Waals surface area contributed by atoms with Crippen LogP contribution >= 0.6 is 0 Å². The van der Waals surface area contributed by atoms with E-state index in [4.69, 9.17) is 15.6 Å². The zero-order valence-electron chi connectivity index (χ0n) is 9.27. The Kier molecular flexibility index (Phi) is 4.06. The normalized spacial score (nSPS) is 10.0. The minimum absolute atomic E-state index is 0.0835. The fourth-order valence-electron chi connectivity index (χ4n) is 1.39. The smallest absolute Gasteiger partial charge is 0.339 e. The molecule has 0 aliphatic carbocycles. The molecule has 6 nitrogen and oxygen atoms in total. The lowest BCUT2D eigenvalue weighted by Gasteiger charge is -2.09. The van der Waals surface area contributed by atoms with Gasteiger partial charge in [-0.1, -0.05) is 0 Å². The lowest BCUT2D eigenvalue weighted by Crippen LogP contribution is -2.10. The fourth-order valence-corrected chi connectivity index (χ4v) is 1.39. The predicted molar refractivity (Wildman–Crippen MR) is 59.6 cm³/mol. The first-order valence-corrected chi connectivity index (χ1v) is 4.88. The maximum atomic E-state index is 11.7. The number of carboxylic acids is 1.